The molecule has 3 aromatic carbocycles. The van der Waals surface area contributed by atoms with Crippen LogP contribution in [0.5, 0.6) is 0 Å². The van der Waals surface area contributed by atoms with E-state index in [1.165, 1.54) is 17.7 Å². The minimum atomic E-state index is -4.16. The Morgan fingerprint density at radius 2 is 1.36 bits per heavy atom. The van der Waals surface area contributed by atoms with E-state index in [1.54, 1.807) is 12.1 Å². The van der Waals surface area contributed by atoms with E-state index >= 15 is 0 Å². The van der Waals surface area contributed by atoms with Crippen molar-refractivity contribution in [3.8, 4) is 11.1 Å². The average Bonchev–Trinajstić information content (AvgIpc) is 2.62. The second-order valence-electron chi connectivity index (χ2n) is 5.79. The average molecular weight is 353 g/mol. The smallest absolute Gasteiger partial charge is 0.294 e. The van der Waals surface area contributed by atoms with Gasteiger partial charge in [0.2, 0.25) is 0 Å². The molecule has 0 spiro atoms. The van der Waals surface area contributed by atoms with E-state index in [0.29, 0.717) is 0 Å². The van der Waals surface area contributed by atoms with Crippen molar-refractivity contribution in [2.45, 2.75) is 18.0 Å². The quantitative estimate of drug-likeness (QED) is 0.660. The molecule has 25 heavy (non-hydrogen) atoms. The summed E-state index contributed by atoms with van der Waals surface area (Å²) in [5, 5.41) is 3.41. The highest BCUT2D eigenvalue weighted by molar-refractivity contribution is 7.85. The van der Waals surface area contributed by atoms with Crippen molar-refractivity contribution < 1.29 is 13.0 Å². The first-order valence-electron chi connectivity index (χ1n) is 7.94. The largest absolute Gasteiger partial charge is 0.309 e. The van der Waals surface area contributed by atoms with E-state index in [9.17, 15) is 8.42 Å². The Hall–Kier alpha value is -2.47. The molecule has 0 bridgehead atoms. The maximum Gasteiger partial charge on any atom is 0.294 e. The van der Waals surface area contributed by atoms with Crippen LogP contribution in [0.15, 0.2) is 83.8 Å². The van der Waals surface area contributed by atoms with Crippen LogP contribution in [-0.2, 0) is 23.2 Å². The normalized spacial score (nSPS) is 11.4. The van der Waals surface area contributed by atoms with Crippen molar-refractivity contribution in [1.82, 2.24) is 5.32 Å². The zero-order chi connectivity index (χ0) is 17.7. The van der Waals surface area contributed by atoms with Crippen molar-refractivity contribution in [3.05, 3.63) is 90.0 Å². The molecule has 0 saturated carbocycles. The van der Waals surface area contributed by atoms with Gasteiger partial charge in [-0.2, -0.15) is 8.42 Å². The number of hydrogen-bond donors (Lipinski definition) is 2. The molecule has 0 aliphatic rings. The number of rotatable bonds is 6. The van der Waals surface area contributed by atoms with Gasteiger partial charge in [0.1, 0.15) is 0 Å². The van der Waals surface area contributed by atoms with Gasteiger partial charge in [0.05, 0.1) is 4.90 Å². The standard InChI is InChI=1S/C20H19NO3S/c22-25(23,24)20-11-9-18(10-12-20)19-8-4-7-17(13-19)15-21-14-16-5-2-1-3-6-16/h1-13,21H,14-15H2,(H,22,23,24). The molecule has 0 amide bonds. The van der Waals surface area contributed by atoms with Crippen molar-refractivity contribution in [1.29, 1.82) is 0 Å². The summed E-state index contributed by atoms with van der Waals surface area (Å²) in [7, 11) is -4.16. The zero-order valence-electron chi connectivity index (χ0n) is 13.6. The highest BCUT2D eigenvalue weighted by Crippen LogP contribution is 2.22. The lowest BCUT2D eigenvalue weighted by Crippen LogP contribution is -2.12. The van der Waals surface area contributed by atoms with Gasteiger partial charge in [0.25, 0.3) is 10.1 Å². The first kappa shape index (κ1) is 17.4. The summed E-state index contributed by atoms with van der Waals surface area (Å²) >= 11 is 0. The maximum absolute atomic E-state index is 11.1. The summed E-state index contributed by atoms with van der Waals surface area (Å²) < 4.78 is 31.3. The molecule has 0 saturated heterocycles. The second kappa shape index (κ2) is 7.61. The highest BCUT2D eigenvalue weighted by atomic mass is 32.2. The Balaban J connectivity index is 1.69. The Labute approximate surface area is 147 Å². The van der Waals surface area contributed by atoms with Gasteiger partial charge < -0.3 is 5.32 Å². The van der Waals surface area contributed by atoms with E-state index in [2.05, 4.69) is 23.5 Å². The van der Waals surface area contributed by atoms with E-state index in [1.807, 2.05) is 36.4 Å². The molecule has 2 N–H and O–H groups in total. The topological polar surface area (TPSA) is 66.4 Å². The third-order valence-electron chi connectivity index (χ3n) is 3.91. The van der Waals surface area contributed by atoms with Crippen LogP contribution in [0.3, 0.4) is 0 Å². The first-order chi connectivity index (χ1) is 12.0. The van der Waals surface area contributed by atoms with Crippen LogP contribution >= 0.6 is 0 Å². The molecule has 0 fully saturated rings. The molecule has 0 atom stereocenters. The lowest BCUT2D eigenvalue weighted by Gasteiger charge is -2.08. The van der Waals surface area contributed by atoms with Gasteiger partial charge in [-0.05, 0) is 40.5 Å². The Kier molecular flexibility index (Phi) is 5.28. The maximum atomic E-state index is 11.1. The minimum Gasteiger partial charge on any atom is -0.309 e. The van der Waals surface area contributed by atoms with Crippen molar-refractivity contribution in [2.75, 3.05) is 0 Å². The molecule has 0 aliphatic heterocycles. The molecule has 0 aromatic heterocycles. The predicted molar refractivity (Wildman–Crippen MR) is 98.7 cm³/mol. The number of benzene rings is 3. The van der Waals surface area contributed by atoms with Gasteiger partial charge in [-0.25, -0.2) is 0 Å². The van der Waals surface area contributed by atoms with Crippen molar-refractivity contribution >= 4 is 10.1 Å². The number of nitrogens with one attached hydrogen (secondary N) is 1. The summed E-state index contributed by atoms with van der Waals surface area (Å²) in [5.74, 6) is 0. The first-order valence-corrected chi connectivity index (χ1v) is 9.38. The Morgan fingerprint density at radius 3 is 2.04 bits per heavy atom. The van der Waals surface area contributed by atoms with E-state index in [0.717, 1.165) is 29.8 Å². The molecular formula is C20H19NO3S. The van der Waals surface area contributed by atoms with Gasteiger partial charge in [0.15, 0.2) is 0 Å². The van der Waals surface area contributed by atoms with Crippen LogP contribution in [0.25, 0.3) is 11.1 Å². The lowest BCUT2D eigenvalue weighted by atomic mass is 10.0. The third-order valence-corrected chi connectivity index (χ3v) is 4.78. The lowest BCUT2D eigenvalue weighted by molar-refractivity contribution is 0.483. The highest BCUT2D eigenvalue weighted by Gasteiger charge is 2.09. The Bertz CT molecular complexity index is 936. The zero-order valence-corrected chi connectivity index (χ0v) is 14.4. The molecule has 0 aliphatic carbocycles. The molecule has 128 valence electrons. The van der Waals surface area contributed by atoms with Crippen LogP contribution in [-0.4, -0.2) is 13.0 Å². The summed E-state index contributed by atoms with van der Waals surface area (Å²) in [6, 6.07) is 24.5. The minimum absolute atomic E-state index is 0.100. The van der Waals surface area contributed by atoms with Crippen LogP contribution in [0.2, 0.25) is 0 Å². The van der Waals surface area contributed by atoms with Crippen LogP contribution in [0.1, 0.15) is 11.1 Å². The summed E-state index contributed by atoms with van der Waals surface area (Å²) in [5.41, 5.74) is 4.28. The van der Waals surface area contributed by atoms with Gasteiger partial charge >= 0.3 is 0 Å². The molecule has 0 radical (unpaired) electrons. The molecule has 5 heteroatoms. The molecule has 4 nitrogen and oxygen atoms in total. The van der Waals surface area contributed by atoms with Crippen LogP contribution in [0.4, 0.5) is 0 Å². The Morgan fingerprint density at radius 1 is 0.720 bits per heavy atom. The van der Waals surface area contributed by atoms with Crippen LogP contribution < -0.4 is 5.32 Å². The second-order valence-corrected chi connectivity index (χ2v) is 7.21. The van der Waals surface area contributed by atoms with Crippen molar-refractivity contribution in [3.63, 3.8) is 0 Å². The van der Waals surface area contributed by atoms with Crippen molar-refractivity contribution in [2.24, 2.45) is 0 Å². The molecular weight excluding hydrogens is 334 g/mol. The third kappa shape index (κ3) is 4.76. The molecule has 3 rings (SSSR count). The number of hydrogen-bond acceptors (Lipinski definition) is 3. The fourth-order valence-corrected chi connectivity index (χ4v) is 3.11. The summed E-state index contributed by atoms with van der Waals surface area (Å²) in [6.07, 6.45) is 0. The van der Waals surface area contributed by atoms with Gasteiger partial charge in [0, 0.05) is 13.1 Å². The fraction of sp³-hybridized carbons (Fsp3) is 0.100. The van der Waals surface area contributed by atoms with Gasteiger partial charge in [-0.15, -0.1) is 0 Å². The van der Waals surface area contributed by atoms with Crippen LogP contribution in [0, 0.1) is 0 Å². The summed E-state index contributed by atoms with van der Waals surface area (Å²) in [4.78, 5) is -0.100. The molecule has 3 aromatic rings. The monoisotopic (exact) mass is 353 g/mol. The van der Waals surface area contributed by atoms with E-state index in [-0.39, 0.29) is 4.90 Å². The summed E-state index contributed by atoms with van der Waals surface area (Å²) in [6.45, 7) is 1.54. The predicted octanol–water partition coefficient (Wildman–Crippen LogP) is 3.89. The van der Waals surface area contributed by atoms with Gasteiger partial charge in [-0.1, -0.05) is 60.7 Å². The fourth-order valence-electron chi connectivity index (χ4n) is 2.63. The molecule has 0 unspecified atom stereocenters. The van der Waals surface area contributed by atoms with E-state index < -0.39 is 10.1 Å². The SMILES string of the molecule is O=S(=O)(O)c1ccc(-c2cccc(CNCc3ccccc3)c2)cc1. The molecule has 0 heterocycles. The van der Waals surface area contributed by atoms with Gasteiger partial charge in [-0.3, -0.25) is 4.55 Å². The van der Waals surface area contributed by atoms with E-state index in [4.69, 9.17) is 4.55 Å².